The van der Waals surface area contributed by atoms with E-state index in [1.807, 2.05) is 29.2 Å². The van der Waals surface area contributed by atoms with Crippen molar-refractivity contribution in [1.82, 2.24) is 4.98 Å². The molecule has 2 heterocycles. The first-order valence-electron chi connectivity index (χ1n) is 9.37. The Kier molecular flexibility index (Phi) is 4.46. The van der Waals surface area contributed by atoms with E-state index in [1.165, 1.54) is 5.56 Å². The molecule has 132 valence electrons. The highest BCUT2D eigenvalue weighted by atomic mass is 16.2. The molecule has 1 amide bonds. The number of rotatable bonds is 5. The average molecular weight is 344 g/mol. The van der Waals surface area contributed by atoms with Gasteiger partial charge in [-0.3, -0.25) is 9.78 Å². The minimum absolute atomic E-state index is 0.0951. The molecule has 3 nitrogen and oxygen atoms in total. The van der Waals surface area contributed by atoms with Gasteiger partial charge in [0.25, 0.3) is 0 Å². The molecule has 1 fully saturated rings. The van der Waals surface area contributed by atoms with Crippen molar-refractivity contribution in [3.05, 3.63) is 72.4 Å². The van der Waals surface area contributed by atoms with Crippen LogP contribution >= 0.6 is 0 Å². The van der Waals surface area contributed by atoms with Gasteiger partial charge in [-0.25, -0.2) is 0 Å². The molecular weight excluding hydrogens is 320 g/mol. The van der Waals surface area contributed by atoms with Gasteiger partial charge in [0.05, 0.1) is 17.1 Å². The van der Waals surface area contributed by atoms with Crippen molar-refractivity contribution in [2.24, 2.45) is 11.8 Å². The molecule has 2 aromatic carbocycles. The molecule has 1 aliphatic heterocycles. The van der Waals surface area contributed by atoms with Gasteiger partial charge in [-0.1, -0.05) is 62.4 Å². The van der Waals surface area contributed by atoms with E-state index in [0.29, 0.717) is 5.92 Å². The van der Waals surface area contributed by atoms with Crippen molar-refractivity contribution in [2.45, 2.75) is 32.7 Å². The number of nitrogens with zero attached hydrogens (tertiary/aromatic N) is 2. The van der Waals surface area contributed by atoms with Gasteiger partial charge >= 0.3 is 0 Å². The topological polar surface area (TPSA) is 33.2 Å². The summed E-state index contributed by atoms with van der Waals surface area (Å²) in [4.78, 5) is 19.5. The van der Waals surface area contributed by atoms with Crippen LogP contribution in [0.15, 0.2) is 66.9 Å². The number of hydrogen-bond acceptors (Lipinski definition) is 2. The van der Waals surface area contributed by atoms with Gasteiger partial charge in [0.1, 0.15) is 0 Å². The molecule has 1 aliphatic rings. The Hall–Kier alpha value is -2.68. The highest BCUT2D eigenvalue weighted by Gasteiger charge is 2.49. The first-order valence-corrected chi connectivity index (χ1v) is 9.37. The second-order valence-corrected chi connectivity index (χ2v) is 7.42. The van der Waals surface area contributed by atoms with E-state index >= 15 is 0 Å². The van der Waals surface area contributed by atoms with E-state index in [0.717, 1.165) is 29.4 Å². The fraction of sp³-hybridized carbons (Fsp3) is 0.304. The average Bonchev–Trinajstić information content (AvgIpc) is 2.65. The van der Waals surface area contributed by atoms with Crippen LogP contribution in [0.3, 0.4) is 0 Å². The molecule has 0 radical (unpaired) electrons. The maximum atomic E-state index is 13.0. The second-order valence-electron chi connectivity index (χ2n) is 7.42. The largest absolute Gasteiger partial charge is 0.306 e. The zero-order chi connectivity index (χ0) is 18.1. The number of para-hydroxylation sites is 1. The van der Waals surface area contributed by atoms with Gasteiger partial charge in [-0.15, -0.1) is 0 Å². The summed E-state index contributed by atoms with van der Waals surface area (Å²) in [5.74, 6) is 0.677. The number of carbonyl (C=O) groups excluding carboxylic acids is 1. The number of amides is 1. The summed E-state index contributed by atoms with van der Waals surface area (Å²) in [5.41, 5.74) is 3.18. The lowest BCUT2D eigenvalue weighted by molar-refractivity contribution is -0.132. The number of β-lactam (4-membered cyclic amide) rings is 1. The molecule has 1 aromatic heterocycles. The first kappa shape index (κ1) is 16.8. The lowest BCUT2D eigenvalue weighted by Crippen LogP contribution is -2.63. The van der Waals surface area contributed by atoms with Crippen LogP contribution in [0.4, 0.5) is 5.69 Å². The molecule has 1 saturated heterocycles. The Morgan fingerprint density at radius 1 is 1.00 bits per heavy atom. The summed E-state index contributed by atoms with van der Waals surface area (Å²) in [6.07, 6.45) is 3.76. The summed E-state index contributed by atoms with van der Waals surface area (Å²) in [6.45, 7) is 4.30. The van der Waals surface area contributed by atoms with E-state index in [-0.39, 0.29) is 17.9 Å². The molecule has 2 atom stereocenters. The lowest BCUT2D eigenvalue weighted by Gasteiger charge is -2.49. The van der Waals surface area contributed by atoms with Gasteiger partial charge in [0.2, 0.25) is 5.91 Å². The van der Waals surface area contributed by atoms with Crippen LogP contribution in [0.2, 0.25) is 0 Å². The van der Waals surface area contributed by atoms with Gasteiger partial charge in [-0.05, 0) is 36.5 Å². The number of pyridine rings is 1. The molecule has 0 saturated carbocycles. The van der Waals surface area contributed by atoms with Crippen LogP contribution in [0.5, 0.6) is 0 Å². The van der Waals surface area contributed by atoms with Crippen LogP contribution in [-0.2, 0) is 11.2 Å². The molecule has 3 aromatic rings. The highest BCUT2D eigenvalue weighted by molar-refractivity contribution is 6.08. The minimum atomic E-state index is 0.0951. The maximum Gasteiger partial charge on any atom is 0.232 e. The van der Waals surface area contributed by atoms with Gasteiger partial charge < -0.3 is 4.90 Å². The van der Waals surface area contributed by atoms with Crippen molar-refractivity contribution in [3.63, 3.8) is 0 Å². The third kappa shape index (κ3) is 2.88. The Balaban J connectivity index is 1.65. The van der Waals surface area contributed by atoms with E-state index in [2.05, 4.69) is 55.2 Å². The van der Waals surface area contributed by atoms with Gasteiger partial charge in [0, 0.05) is 17.6 Å². The standard InChI is InChI=1S/C23H24N2O/c1-16(2)21-19(14-13-17-8-4-3-5-9-17)25(23(21)26)20-12-6-10-18-11-7-15-24-22(18)20/h3-12,15-16,19,21H,13-14H2,1-2H3. The predicted octanol–water partition coefficient (Wildman–Crippen LogP) is 4.86. The van der Waals surface area contributed by atoms with Crippen LogP contribution in [0.25, 0.3) is 10.9 Å². The Morgan fingerprint density at radius 3 is 2.54 bits per heavy atom. The fourth-order valence-corrected chi connectivity index (χ4v) is 4.14. The van der Waals surface area contributed by atoms with Crippen LogP contribution in [0, 0.1) is 11.8 Å². The zero-order valence-corrected chi connectivity index (χ0v) is 15.3. The molecule has 4 rings (SSSR count). The second kappa shape index (κ2) is 6.91. The molecule has 2 unspecified atom stereocenters. The first-order chi connectivity index (χ1) is 12.7. The van der Waals surface area contributed by atoms with Gasteiger partial charge in [0.15, 0.2) is 0 Å². The van der Waals surface area contributed by atoms with E-state index in [4.69, 9.17) is 0 Å². The van der Waals surface area contributed by atoms with Crippen LogP contribution in [0.1, 0.15) is 25.8 Å². The molecule has 0 aliphatic carbocycles. The molecule has 0 N–H and O–H groups in total. The fourth-order valence-electron chi connectivity index (χ4n) is 4.14. The quantitative estimate of drug-likeness (QED) is 0.620. The summed E-state index contributed by atoms with van der Waals surface area (Å²) in [6, 6.07) is 20.8. The number of aromatic nitrogens is 1. The third-order valence-electron chi connectivity index (χ3n) is 5.43. The normalized spacial score (nSPS) is 19.8. The minimum Gasteiger partial charge on any atom is -0.306 e. The number of fused-ring (bicyclic) bond motifs is 1. The summed E-state index contributed by atoms with van der Waals surface area (Å²) in [7, 11) is 0. The third-order valence-corrected chi connectivity index (χ3v) is 5.43. The number of hydrogen-bond donors (Lipinski definition) is 0. The Bertz CT molecular complexity index is 914. The van der Waals surface area contributed by atoms with E-state index in [9.17, 15) is 4.79 Å². The Labute approximate surface area is 154 Å². The highest BCUT2D eigenvalue weighted by Crippen LogP contribution is 2.41. The Morgan fingerprint density at radius 2 is 1.77 bits per heavy atom. The lowest BCUT2D eigenvalue weighted by atomic mass is 9.76. The van der Waals surface area contributed by atoms with Crippen molar-refractivity contribution in [2.75, 3.05) is 4.90 Å². The number of aryl methyl sites for hydroxylation is 1. The summed E-state index contributed by atoms with van der Waals surface area (Å²) < 4.78 is 0. The maximum absolute atomic E-state index is 13.0. The van der Waals surface area contributed by atoms with E-state index in [1.54, 1.807) is 6.20 Å². The van der Waals surface area contributed by atoms with Crippen molar-refractivity contribution in [3.8, 4) is 0 Å². The SMILES string of the molecule is CC(C)C1C(=O)N(c2cccc3cccnc23)C1CCc1ccccc1. The van der Waals surface area contributed by atoms with Crippen molar-refractivity contribution in [1.29, 1.82) is 0 Å². The zero-order valence-electron chi connectivity index (χ0n) is 15.3. The van der Waals surface area contributed by atoms with Crippen LogP contribution in [-0.4, -0.2) is 16.9 Å². The number of carbonyl (C=O) groups is 1. The number of benzene rings is 2. The van der Waals surface area contributed by atoms with Crippen LogP contribution < -0.4 is 4.90 Å². The van der Waals surface area contributed by atoms with Crippen molar-refractivity contribution < 1.29 is 4.79 Å². The monoisotopic (exact) mass is 344 g/mol. The van der Waals surface area contributed by atoms with E-state index < -0.39 is 0 Å². The van der Waals surface area contributed by atoms with Crippen molar-refractivity contribution >= 4 is 22.5 Å². The number of anilines is 1. The molecule has 0 bridgehead atoms. The smallest absolute Gasteiger partial charge is 0.232 e. The molecule has 26 heavy (non-hydrogen) atoms. The summed E-state index contributed by atoms with van der Waals surface area (Å²) >= 11 is 0. The molecule has 0 spiro atoms. The predicted molar refractivity (Wildman–Crippen MR) is 106 cm³/mol. The molecule has 3 heteroatoms. The molecular formula is C23H24N2O. The summed E-state index contributed by atoms with van der Waals surface area (Å²) in [5, 5.41) is 1.08. The van der Waals surface area contributed by atoms with Gasteiger partial charge in [-0.2, -0.15) is 0 Å².